The van der Waals surface area contributed by atoms with E-state index in [1.807, 2.05) is 24.3 Å². The van der Waals surface area contributed by atoms with Gasteiger partial charge in [-0.1, -0.05) is 31.6 Å². The molecule has 2 rings (SSSR count). The molecule has 0 aromatic heterocycles. The van der Waals surface area contributed by atoms with Crippen molar-refractivity contribution in [3.8, 4) is 5.75 Å². The lowest BCUT2D eigenvalue weighted by atomic mass is 9.87. The molecule has 0 unspecified atom stereocenters. The second-order valence-electron chi connectivity index (χ2n) is 6.23. The minimum Gasteiger partial charge on any atom is -0.459 e. The molecular weight excluding hydrogens is 304 g/mol. The largest absolute Gasteiger partial charge is 0.459 e. The van der Waals surface area contributed by atoms with E-state index in [4.69, 9.17) is 9.47 Å². The van der Waals surface area contributed by atoms with Crippen molar-refractivity contribution in [2.75, 3.05) is 0 Å². The van der Waals surface area contributed by atoms with Crippen molar-refractivity contribution in [1.82, 2.24) is 0 Å². The summed E-state index contributed by atoms with van der Waals surface area (Å²) in [5.41, 5.74) is 1.25. The number of allylic oxidation sites excluding steroid dienone is 1. The average molecular weight is 330 g/mol. The van der Waals surface area contributed by atoms with Crippen molar-refractivity contribution < 1.29 is 19.1 Å². The molecule has 1 aromatic carbocycles. The minimum atomic E-state index is -0.310. The third kappa shape index (κ3) is 5.52. The molecule has 130 valence electrons. The highest BCUT2D eigenvalue weighted by molar-refractivity contribution is 5.82. The van der Waals surface area contributed by atoms with Gasteiger partial charge in [-0.2, -0.15) is 0 Å². The maximum atomic E-state index is 12.3. The van der Waals surface area contributed by atoms with Gasteiger partial charge in [0, 0.05) is 6.08 Å². The van der Waals surface area contributed by atoms with Gasteiger partial charge in [0.1, 0.15) is 11.9 Å². The Morgan fingerprint density at radius 2 is 1.79 bits per heavy atom. The number of esters is 2. The first-order valence-corrected chi connectivity index (χ1v) is 8.76. The van der Waals surface area contributed by atoms with E-state index in [-0.39, 0.29) is 24.0 Å². The number of benzene rings is 1. The first-order chi connectivity index (χ1) is 11.6. The summed E-state index contributed by atoms with van der Waals surface area (Å²) >= 11 is 0. The first kappa shape index (κ1) is 18.2. The van der Waals surface area contributed by atoms with Crippen molar-refractivity contribution in [3.05, 3.63) is 42.0 Å². The lowest BCUT2D eigenvalue weighted by Crippen LogP contribution is -2.29. The summed E-state index contributed by atoms with van der Waals surface area (Å²) in [7, 11) is 0. The van der Waals surface area contributed by atoms with Crippen LogP contribution in [0.25, 0.3) is 0 Å². The number of aryl methyl sites for hydroxylation is 1. The van der Waals surface area contributed by atoms with Crippen LogP contribution in [0.5, 0.6) is 5.75 Å². The molecule has 0 spiro atoms. The van der Waals surface area contributed by atoms with Crippen LogP contribution in [-0.4, -0.2) is 18.0 Å². The Morgan fingerprint density at radius 3 is 2.38 bits per heavy atom. The summed E-state index contributed by atoms with van der Waals surface area (Å²) in [6.45, 7) is 3.92. The Labute approximate surface area is 143 Å². The zero-order chi connectivity index (χ0) is 17.4. The van der Waals surface area contributed by atoms with Gasteiger partial charge in [-0.05, 0) is 56.7 Å². The second-order valence-corrected chi connectivity index (χ2v) is 6.23. The summed E-state index contributed by atoms with van der Waals surface area (Å²) in [6, 6.07) is 7.72. The zero-order valence-electron chi connectivity index (χ0n) is 14.5. The first-order valence-electron chi connectivity index (χ1n) is 8.76. The van der Waals surface area contributed by atoms with Crippen molar-refractivity contribution in [3.63, 3.8) is 0 Å². The fourth-order valence-corrected chi connectivity index (χ4v) is 2.97. The maximum Gasteiger partial charge on any atom is 0.330 e. The topological polar surface area (TPSA) is 52.6 Å². The molecule has 0 atom stereocenters. The highest BCUT2D eigenvalue weighted by atomic mass is 16.5. The number of rotatable bonds is 6. The number of carbonyl (C=O) groups excluding carboxylic acids is 2. The normalized spacial score (nSPS) is 20.8. The highest BCUT2D eigenvalue weighted by Gasteiger charge is 2.29. The zero-order valence-corrected chi connectivity index (χ0v) is 14.5. The molecule has 4 heteroatoms. The van der Waals surface area contributed by atoms with Gasteiger partial charge in [0.05, 0.1) is 5.92 Å². The fourth-order valence-electron chi connectivity index (χ4n) is 2.97. The molecule has 4 nitrogen and oxygen atoms in total. The Bertz CT molecular complexity index is 566. The van der Waals surface area contributed by atoms with Crippen LogP contribution in [0.2, 0.25) is 0 Å². The lowest BCUT2D eigenvalue weighted by Gasteiger charge is -2.26. The van der Waals surface area contributed by atoms with Gasteiger partial charge in [0.25, 0.3) is 0 Å². The van der Waals surface area contributed by atoms with E-state index in [0.29, 0.717) is 31.4 Å². The molecule has 1 aliphatic rings. The quantitative estimate of drug-likeness (QED) is 0.445. The number of hydrogen-bond acceptors (Lipinski definition) is 4. The SMILES string of the molecule is CC=CC(=O)OC1CCC(C(=O)Oc2ccc(CCC)cc2)CC1. The van der Waals surface area contributed by atoms with Crippen molar-refractivity contribution in [2.45, 2.75) is 58.5 Å². The van der Waals surface area contributed by atoms with Crippen LogP contribution in [0.3, 0.4) is 0 Å². The van der Waals surface area contributed by atoms with E-state index in [1.165, 1.54) is 11.6 Å². The monoisotopic (exact) mass is 330 g/mol. The van der Waals surface area contributed by atoms with Gasteiger partial charge in [-0.15, -0.1) is 0 Å². The van der Waals surface area contributed by atoms with Gasteiger partial charge in [0.15, 0.2) is 0 Å². The fraction of sp³-hybridized carbons (Fsp3) is 0.500. The molecule has 1 aliphatic carbocycles. The van der Waals surface area contributed by atoms with Crippen LogP contribution >= 0.6 is 0 Å². The molecule has 1 saturated carbocycles. The Kier molecular flexibility index (Phi) is 7.04. The predicted molar refractivity (Wildman–Crippen MR) is 92.7 cm³/mol. The molecule has 24 heavy (non-hydrogen) atoms. The van der Waals surface area contributed by atoms with Crippen LogP contribution in [0, 0.1) is 5.92 Å². The van der Waals surface area contributed by atoms with Crippen molar-refractivity contribution in [1.29, 1.82) is 0 Å². The number of ether oxygens (including phenoxy) is 2. The number of carbonyl (C=O) groups is 2. The number of hydrogen-bond donors (Lipinski definition) is 0. The smallest absolute Gasteiger partial charge is 0.330 e. The molecule has 0 radical (unpaired) electrons. The second kappa shape index (κ2) is 9.26. The minimum absolute atomic E-state index is 0.0916. The van der Waals surface area contributed by atoms with E-state index < -0.39 is 0 Å². The van der Waals surface area contributed by atoms with Gasteiger partial charge in [-0.25, -0.2) is 4.79 Å². The van der Waals surface area contributed by atoms with E-state index in [1.54, 1.807) is 13.0 Å². The van der Waals surface area contributed by atoms with Crippen LogP contribution in [0.15, 0.2) is 36.4 Å². The highest BCUT2D eigenvalue weighted by Crippen LogP contribution is 2.28. The summed E-state index contributed by atoms with van der Waals surface area (Å²) in [5.74, 6) is -0.00866. The van der Waals surface area contributed by atoms with E-state index in [0.717, 1.165) is 12.8 Å². The molecule has 0 aliphatic heterocycles. The van der Waals surface area contributed by atoms with Crippen LogP contribution in [-0.2, 0) is 20.7 Å². The van der Waals surface area contributed by atoms with E-state index >= 15 is 0 Å². The molecule has 1 aromatic rings. The standard InChI is InChI=1S/C20H26O4/c1-3-5-15-7-11-18(12-8-15)24-20(22)16-9-13-17(14-10-16)23-19(21)6-4-2/h4,6-8,11-12,16-17H,3,5,9-10,13-14H2,1-2H3. The molecule has 0 N–H and O–H groups in total. The van der Waals surface area contributed by atoms with E-state index in [9.17, 15) is 9.59 Å². The summed E-state index contributed by atoms with van der Waals surface area (Å²) in [4.78, 5) is 23.7. The molecule has 0 heterocycles. The maximum absolute atomic E-state index is 12.3. The van der Waals surface area contributed by atoms with Crippen LogP contribution < -0.4 is 4.74 Å². The third-order valence-electron chi connectivity index (χ3n) is 4.27. The van der Waals surface area contributed by atoms with Gasteiger partial charge in [0.2, 0.25) is 0 Å². The Hall–Kier alpha value is -2.10. The van der Waals surface area contributed by atoms with Gasteiger partial charge < -0.3 is 9.47 Å². The molecule has 0 bridgehead atoms. The molecule has 1 fully saturated rings. The van der Waals surface area contributed by atoms with Crippen molar-refractivity contribution >= 4 is 11.9 Å². The van der Waals surface area contributed by atoms with Crippen molar-refractivity contribution in [2.24, 2.45) is 5.92 Å². The average Bonchev–Trinajstić information content (AvgIpc) is 2.57. The molecule has 0 amide bonds. The predicted octanol–water partition coefficient (Wildman–Crippen LogP) is 4.22. The van der Waals surface area contributed by atoms with E-state index in [2.05, 4.69) is 6.92 Å². The van der Waals surface area contributed by atoms with Crippen LogP contribution in [0.4, 0.5) is 0 Å². The van der Waals surface area contributed by atoms with Gasteiger partial charge in [-0.3, -0.25) is 4.79 Å². The third-order valence-corrected chi connectivity index (χ3v) is 4.27. The Balaban J connectivity index is 1.79. The Morgan fingerprint density at radius 1 is 1.12 bits per heavy atom. The molecular formula is C20H26O4. The molecule has 0 saturated heterocycles. The van der Waals surface area contributed by atoms with Crippen LogP contribution in [0.1, 0.15) is 51.5 Å². The lowest BCUT2D eigenvalue weighted by molar-refractivity contribution is -0.147. The summed E-state index contributed by atoms with van der Waals surface area (Å²) < 4.78 is 10.8. The summed E-state index contributed by atoms with van der Waals surface area (Å²) in [6.07, 6.45) is 7.93. The summed E-state index contributed by atoms with van der Waals surface area (Å²) in [5, 5.41) is 0. The van der Waals surface area contributed by atoms with Gasteiger partial charge >= 0.3 is 11.9 Å².